The Bertz CT molecular complexity index is 365. The van der Waals surface area contributed by atoms with Crippen LogP contribution in [0.4, 0.5) is 18.9 Å². The van der Waals surface area contributed by atoms with Gasteiger partial charge in [0.25, 0.3) is 0 Å². The van der Waals surface area contributed by atoms with Gasteiger partial charge in [-0.1, -0.05) is 0 Å². The summed E-state index contributed by atoms with van der Waals surface area (Å²) in [5.74, 6) is -1.33. The molecule has 0 atom stereocenters. The van der Waals surface area contributed by atoms with Gasteiger partial charge < -0.3 is 10.4 Å². The SMILES string of the molecule is O=C(O)c1cnccc1NCC(F)(F)F. The first-order chi connectivity index (χ1) is 6.90. The first-order valence-electron chi connectivity index (χ1n) is 3.88. The molecule has 0 aliphatic carbocycles. The van der Waals surface area contributed by atoms with Crippen LogP contribution in [0, 0.1) is 0 Å². The van der Waals surface area contributed by atoms with E-state index in [1.54, 1.807) is 0 Å². The number of aromatic carboxylic acids is 1. The quantitative estimate of drug-likeness (QED) is 0.814. The molecular weight excluding hydrogens is 213 g/mol. The summed E-state index contributed by atoms with van der Waals surface area (Å²) in [6.07, 6.45) is -2.19. The Morgan fingerprint density at radius 1 is 1.53 bits per heavy atom. The zero-order valence-electron chi connectivity index (χ0n) is 7.38. The van der Waals surface area contributed by atoms with Crippen LogP contribution in [0.2, 0.25) is 0 Å². The highest BCUT2D eigenvalue weighted by Crippen LogP contribution is 2.18. The van der Waals surface area contributed by atoms with Gasteiger partial charge in [0, 0.05) is 12.4 Å². The van der Waals surface area contributed by atoms with Gasteiger partial charge in [-0.25, -0.2) is 4.79 Å². The summed E-state index contributed by atoms with van der Waals surface area (Å²) in [6.45, 7) is -1.28. The molecule has 0 aliphatic heterocycles. The van der Waals surface area contributed by atoms with Crippen molar-refractivity contribution >= 4 is 11.7 Å². The third-order valence-electron chi connectivity index (χ3n) is 1.53. The molecule has 1 aromatic heterocycles. The second-order valence-electron chi connectivity index (χ2n) is 2.70. The number of anilines is 1. The van der Waals surface area contributed by atoms with Gasteiger partial charge in [-0.05, 0) is 6.07 Å². The van der Waals surface area contributed by atoms with Crippen LogP contribution in [0.1, 0.15) is 10.4 Å². The molecule has 0 aliphatic rings. The number of hydrogen-bond acceptors (Lipinski definition) is 3. The number of pyridine rings is 1. The van der Waals surface area contributed by atoms with Crippen LogP contribution >= 0.6 is 0 Å². The van der Waals surface area contributed by atoms with Crippen molar-refractivity contribution in [3.63, 3.8) is 0 Å². The molecule has 0 unspecified atom stereocenters. The maximum absolute atomic E-state index is 11.8. The number of aromatic nitrogens is 1. The van der Waals surface area contributed by atoms with E-state index in [0.717, 1.165) is 6.20 Å². The molecule has 0 amide bonds. The highest BCUT2D eigenvalue weighted by molar-refractivity contribution is 5.93. The lowest BCUT2D eigenvalue weighted by Crippen LogP contribution is -2.22. The zero-order chi connectivity index (χ0) is 11.5. The molecule has 0 aromatic carbocycles. The second kappa shape index (κ2) is 4.16. The monoisotopic (exact) mass is 220 g/mol. The lowest BCUT2D eigenvalue weighted by atomic mass is 10.2. The minimum Gasteiger partial charge on any atom is -0.478 e. The van der Waals surface area contributed by atoms with E-state index in [2.05, 4.69) is 4.98 Å². The normalized spacial score (nSPS) is 11.1. The van der Waals surface area contributed by atoms with E-state index < -0.39 is 18.7 Å². The Morgan fingerprint density at radius 3 is 2.73 bits per heavy atom. The maximum atomic E-state index is 11.8. The van der Waals surface area contributed by atoms with E-state index in [9.17, 15) is 18.0 Å². The lowest BCUT2D eigenvalue weighted by Gasteiger charge is -2.10. The smallest absolute Gasteiger partial charge is 0.405 e. The summed E-state index contributed by atoms with van der Waals surface area (Å²) in [5, 5.41) is 10.6. The Balaban J connectivity index is 2.81. The minimum absolute atomic E-state index is 0.102. The molecule has 0 spiro atoms. The van der Waals surface area contributed by atoms with Crippen molar-refractivity contribution < 1.29 is 23.1 Å². The second-order valence-corrected chi connectivity index (χ2v) is 2.70. The first kappa shape index (κ1) is 11.3. The molecule has 1 heterocycles. The van der Waals surface area contributed by atoms with Crippen molar-refractivity contribution in [1.29, 1.82) is 0 Å². The number of nitrogens with one attached hydrogen (secondary N) is 1. The highest BCUT2D eigenvalue weighted by atomic mass is 19.4. The van der Waals surface area contributed by atoms with Crippen molar-refractivity contribution in [1.82, 2.24) is 4.98 Å². The number of carboxylic acid groups (broad SMARTS) is 1. The predicted octanol–water partition coefficient (Wildman–Crippen LogP) is 1.75. The molecule has 0 fully saturated rings. The third kappa shape index (κ3) is 3.45. The summed E-state index contributed by atoms with van der Waals surface area (Å²) in [6, 6.07) is 1.18. The number of alkyl halides is 3. The molecule has 7 heteroatoms. The molecule has 82 valence electrons. The van der Waals surface area contributed by atoms with Crippen molar-refractivity contribution in [3.8, 4) is 0 Å². The van der Waals surface area contributed by atoms with Crippen molar-refractivity contribution in [3.05, 3.63) is 24.0 Å². The van der Waals surface area contributed by atoms with Gasteiger partial charge in [0.2, 0.25) is 0 Å². The van der Waals surface area contributed by atoms with Gasteiger partial charge in [0.05, 0.1) is 5.69 Å². The van der Waals surface area contributed by atoms with Gasteiger partial charge in [-0.2, -0.15) is 13.2 Å². The van der Waals surface area contributed by atoms with Gasteiger partial charge >= 0.3 is 12.1 Å². The van der Waals surface area contributed by atoms with E-state index in [1.807, 2.05) is 5.32 Å². The van der Waals surface area contributed by atoms with Crippen LogP contribution in [0.3, 0.4) is 0 Å². The maximum Gasteiger partial charge on any atom is 0.405 e. The average Bonchev–Trinajstić information content (AvgIpc) is 2.14. The van der Waals surface area contributed by atoms with Crippen molar-refractivity contribution in [2.45, 2.75) is 6.18 Å². The van der Waals surface area contributed by atoms with Crippen LogP contribution < -0.4 is 5.32 Å². The molecule has 0 saturated carbocycles. The number of hydrogen-bond donors (Lipinski definition) is 2. The summed E-state index contributed by atoms with van der Waals surface area (Å²) in [4.78, 5) is 14.1. The fraction of sp³-hybridized carbons (Fsp3) is 0.250. The van der Waals surface area contributed by atoms with E-state index >= 15 is 0 Å². The molecule has 15 heavy (non-hydrogen) atoms. The minimum atomic E-state index is -4.39. The van der Waals surface area contributed by atoms with Crippen LogP contribution in [-0.4, -0.2) is 28.8 Å². The average molecular weight is 220 g/mol. The summed E-state index contributed by atoms with van der Waals surface area (Å²) >= 11 is 0. The molecular formula is C8H7F3N2O2. The standard InChI is InChI=1S/C8H7F3N2O2/c9-8(10,11)4-13-6-1-2-12-3-5(6)7(14)15/h1-3H,4H2,(H,12,13)(H,14,15). The van der Waals surface area contributed by atoms with E-state index in [-0.39, 0.29) is 11.3 Å². The Hall–Kier alpha value is -1.79. The number of carbonyl (C=O) groups is 1. The molecule has 1 aromatic rings. The van der Waals surface area contributed by atoms with E-state index in [4.69, 9.17) is 5.11 Å². The Labute approximate surface area is 82.7 Å². The Morgan fingerprint density at radius 2 is 2.20 bits per heavy atom. The molecule has 0 saturated heterocycles. The van der Waals surface area contributed by atoms with Crippen molar-refractivity contribution in [2.24, 2.45) is 0 Å². The van der Waals surface area contributed by atoms with E-state index in [0.29, 0.717) is 0 Å². The highest BCUT2D eigenvalue weighted by Gasteiger charge is 2.27. The fourth-order valence-electron chi connectivity index (χ4n) is 0.914. The Kier molecular flexibility index (Phi) is 3.13. The number of rotatable bonds is 3. The summed E-state index contributed by atoms with van der Waals surface area (Å²) in [5.41, 5.74) is -0.392. The third-order valence-corrected chi connectivity index (χ3v) is 1.53. The molecule has 4 nitrogen and oxygen atoms in total. The molecule has 0 bridgehead atoms. The molecule has 1 rings (SSSR count). The molecule has 2 N–H and O–H groups in total. The van der Waals surface area contributed by atoms with Crippen molar-refractivity contribution in [2.75, 3.05) is 11.9 Å². The van der Waals surface area contributed by atoms with Crippen LogP contribution in [0.25, 0.3) is 0 Å². The number of carboxylic acids is 1. The first-order valence-corrected chi connectivity index (χ1v) is 3.88. The van der Waals surface area contributed by atoms with Gasteiger partial charge in [0.15, 0.2) is 0 Å². The van der Waals surface area contributed by atoms with Gasteiger partial charge in [-0.15, -0.1) is 0 Å². The van der Waals surface area contributed by atoms with Gasteiger partial charge in [-0.3, -0.25) is 4.98 Å². The zero-order valence-corrected chi connectivity index (χ0v) is 7.38. The van der Waals surface area contributed by atoms with Gasteiger partial charge in [0.1, 0.15) is 12.1 Å². The predicted molar refractivity (Wildman–Crippen MR) is 45.7 cm³/mol. The van der Waals surface area contributed by atoms with Crippen LogP contribution in [0.15, 0.2) is 18.5 Å². The fourth-order valence-corrected chi connectivity index (χ4v) is 0.914. The lowest BCUT2D eigenvalue weighted by molar-refractivity contribution is -0.115. The van der Waals surface area contributed by atoms with E-state index in [1.165, 1.54) is 12.3 Å². The summed E-state index contributed by atoms with van der Waals surface area (Å²) < 4.78 is 35.5. The van der Waals surface area contributed by atoms with Crippen LogP contribution in [-0.2, 0) is 0 Å². The largest absolute Gasteiger partial charge is 0.478 e. The molecule has 0 radical (unpaired) electrons. The topological polar surface area (TPSA) is 62.2 Å². The summed E-state index contributed by atoms with van der Waals surface area (Å²) in [7, 11) is 0. The number of nitrogens with zero attached hydrogens (tertiary/aromatic N) is 1. The van der Waals surface area contributed by atoms with Crippen LogP contribution in [0.5, 0.6) is 0 Å². The number of halogens is 3.